The lowest BCUT2D eigenvalue weighted by Crippen LogP contribution is -2.44. The molecule has 0 spiro atoms. The van der Waals surface area contributed by atoms with Gasteiger partial charge in [-0.2, -0.15) is 0 Å². The van der Waals surface area contributed by atoms with Crippen LogP contribution < -0.4 is 11.2 Å². The lowest BCUT2D eigenvalue weighted by molar-refractivity contribution is -0.150. The van der Waals surface area contributed by atoms with E-state index in [9.17, 15) is 14.7 Å². The Kier molecular flexibility index (Phi) is 5.96. The second kappa shape index (κ2) is 8.04. The van der Waals surface area contributed by atoms with Crippen molar-refractivity contribution in [2.24, 2.45) is 0 Å². The van der Waals surface area contributed by atoms with E-state index in [1.165, 1.54) is 10.8 Å². The number of aromatic nitrogens is 2. The van der Waals surface area contributed by atoms with Crippen molar-refractivity contribution in [2.75, 3.05) is 7.11 Å². The lowest BCUT2D eigenvalue weighted by Gasteiger charge is -2.34. The third-order valence-electron chi connectivity index (χ3n) is 5.41. The maximum atomic E-state index is 12.3. The molecule has 3 rings (SSSR count). The Morgan fingerprint density at radius 2 is 2.00 bits per heavy atom. The molecule has 26 heavy (non-hydrogen) atoms. The van der Waals surface area contributed by atoms with Gasteiger partial charge in [0, 0.05) is 18.9 Å². The van der Waals surface area contributed by atoms with Crippen LogP contribution in [0, 0.1) is 6.92 Å². The SMILES string of the molecule is CC[C@H]1O[C@@H](n2cc(C)c(=O)[nH]c2=O)[C@@H](O[C@@H]2CCCC[C@H]2OC)C1O. The van der Waals surface area contributed by atoms with Gasteiger partial charge in [-0.1, -0.05) is 19.8 Å². The van der Waals surface area contributed by atoms with Gasteiger partial charge in [-0.15, -0.1) is 0 Å². The molecule has 0 bridgehead atoms. The topological polar surface area (TPSA) is 103 Å². The Balaban J connectivity index is 1.91. The average Bonchev–Trinajstić information content (AvgIpc) is 2.94. The van der Waals surface area contributed by atoms with Crippen molar-refractivity contribution in [3.05, 3.63) is 32.6 Å². The fraction of sp³-hybridized carbons (Fsp3) is 0.778. The Morgan fingerprint density at radius 1 is 1.31 bits per heavy atom. The molecule has 2 N–H and O–H groups in total. The number of rotatable bonds is 5. The van der Waals surface area contributed by atoms with Crippen molar-refractivity contribution < 1.29 is 19.3 Å². The molecule has 1 saturated carbocycles. The summed E-state index contributed by atoms with van der Waals surface area (Å²) in [5.41, 5.74) is -0.607. The van der Waals surface area contributed by atoms with Gasteiger partial charge in [0.25, 0.3) is 5.56 Å². The maximum absolute atomic E-state index is 12.3. The summed E-state index contributed by atoms with van der Waals surface area (Å²) in [5, 5.41) is 10.7. The number of nitrogens with one attached hydrogen (secondary N) is 1. The molecular formula is C18H28N2O6. The third-order valence-corrected chi connectivity index (χ3v) is 5.41. The van der Waals surface area contributed by atoms with E-state index in [0.29, 0.717) is 12.0 Å². The maximum Gasteiger partial charge on any atom is 0.330 e. The van der Waals surface area contributed by atoms with E-state index in [2.05, 4.69) is 4.98 Å². The smallest absolute Gasteiger partial charge is 0.330 e. The van der Waals surface area contributed by atoms with Crippen LogP contribution in [0.25, 0.3) is 0 Å². The van der Waals surface area contributed by atoms with E-state index in [-0.39, 0.29) is 12.2 Å². The first-order chi connectivity index (χ1) is 12.5. The molecule has 0 aromatic carbocycles. The molecule has 1 aromatic heterocycles. The molecule has 6 atom stereocenters. The van der Waals surface area contributed by atoms with E-state index in [4.69, 9.17) is 14.2 Å². The Morgan fingerprint density at radius 3 is 2.65 bits per heavy atom. The van der Waals surface area contributed by atoms with E-state index in [1.54, 1.807) is 14.0 Å². The molecule has 2 aliphatic rings. The summed E-state index contributed by atoms with van der Waals surface area (Å²) in [6, 6.07) is 0. The Labute approximate surface area is 152 Å². The molecule has 1 unspecified atom stereocenters. The highest BCUT2D eigenvalue weighted by molar-refractivity contribution is 5.03. The van der Waals surface area contributed by atoms with Crippen LogP contribution >= 0.6 is 0 Å². The van der Waals surface area contributed by atoms with Crippen molar-refractivity contribution in [3.8, 4) is 0 Å². The molecule has 2 fully saturated rings. The molecule has 1 aliphatic carbocycles. The second-order valence-corrected chi connectivity index (χ2v) is 7.14. The monoisotopic (exact) mass is 368 g/mol. The largest absolute Gasteiger partial charge is 0.388 e. The van der Waals surface area contributed by atoms with Gasteiger partial charge >= 0.3 is 5.69 Å². The molecule has 1 saturated heterocycles. The Bertz CT molecular complexity index is 729. The van der Waals surface area contributed by atoms with Gasteiger partial charge in [0.15, 0.2) is 6.23 Å². The first kappa shape index (κ1) is 19.3. The third kappa shape index (κ3) is 3.64. The summed E-state index contributed by atoms with van der Waals surface area (Å²) in [7, 11) is 1.66. The summed E-state index contributed by atoms with van der Waals surface area (Å²) in [4.78, 5) is 26.3. The number of methoxy groups -OCH3 is 1. The highest BCUT2D eigenvalue weighted by atomic mass is 16.6. The number of aromatic amines is 1. The highest BCUT2D eigenvalue weighted by Crippen LogP contribution is 2.35. The fourth-order valence-corrected chi connectivity index (χ4v) is 3.89. The van der Waals surface area contributed by atoms with E-state index in [1.807, 2.05) is 6.92 Å². The minimum Gasteiger partial charge on any atom is -0.388 e. The van der Waals surface area contributed by atoms with Gasteiger partial charge in [0.05, 0.1) is 18.3 Å². The molecule has 2 heterocycles. The summed E-state index contributed by atoms with van der Waals surface area (Å²) < 4.78 is 19.0. The lowest BCUT2D eigenvalue weighted by atomic mass is 9.94. The van der Waals surface area contributed by atoms with E-state index >= 15 is 0 Å². The molecule has 8 nitrogen and oxygen atoms in total. The number of aliphatic hydroxyl groups excluding tert-OH is 1. The molecule has 146 valence electrons. The van der Waals surface area contributed by atoms with Gasteiger partial charge < -0.3 is 19.3 Å². The van der Waals surface area contributed by atoms with Crippen LogP contribution in [0.5, 0.6) is 0 Å². The molecular weight excluding hydrogens is 340 g/mol. The predicted molar refractivity (Wildman–Crippen MR) is 94.2 cm³/mol. The second-order valence-electron chi connectivity index (χ2n) is 7.14. The molecule has 1 aromatic rings. The summed E-state index contributed by atoms with van der Waals surface area (Å²) in [6.45, 7) is 3.53. The normalized spacial score (nSPS) is 34.9. The zero-order chi connectivity index (χ0) is 18.8. The summed E-state index contributed by atoms with van der Waals surface area (Å²) in [5.74, 6) is 0. The molecule has 0 radical (unpaired) electrons. The van der Waals surface area contributed by atoms with Crippen molar-refractivity contribution in [1.82, 2.24) is 9.55 Å². The minimum absolute atomic E-state index is 0.0358. The van der Waals surface area contributed by atoms with E-state index in [0.717, 1.165) is 25.7 Å². The molecule has 8 heteroatoms. The number of hydrogen-bond acceptors (Lipinski definition) is 6. The van der Waals surface area contributed by atoms with Gasteiger partial charge in [-0.25, -0.2) is 4.79 Å². The van der Waals surface area contributed by atoms with Crippen molar-refractivity contribution in [2.45, 2.75) is 82.7 Å². The first-order valence-electron chi connectivity index (χ1n) is 9.30. The standard InChI is InChI=1S/C18H28N2O6/c1-4-11-14(21)15(25-13-8-6-5-7-12(13)24-3)17(26-11)20-9-10(2)16(22)19-18(20)23/h9,11-15,17,21H,4-8H2,1-3H3,(H,19,22,23)/t11-,12-,13-,14?,15+,17-/m1/s1. The highest BCUT2D eigenvalue weighted by Gasteiger charge is 2.47. The van der Waals surface area contributed by atoms with Crippen LogP contribution in [-0.2, 0) is 14.2 Å². The number of H-pyrrole nitrogens is 1. The number of ether oxygens (including phenoxy) is 3. The number of nitrogens with zero attached hydrogens (tertiary/aromatic N) is 1. The van der Waals surface area contributed by atoms with Crippen LogP contribution in [0.1, 0.15) is 50.8 Å². The molecule has 0 amide bonds. The van der Waals surface area contributed by atoms with Gasteiger partial charge in [-0.3, -0.25) is 14.3 Å². The molecule has 1 aliphatic heterocycles. The van der Waals surface area contributed by atoms with Crippen LogP contribution in [-0.4, -0.2) is 52.3 Å². The number of aryl methyl sites for hydroxylation is 1. The van der Waals surface area contributed by atoms with Crippen LogP contribution in [0.4, 0.5) is 0 Å². The zero-order valence-corrected chi connectivity index (χ0v) is 15.5. The summed E-state index contributed by atoms with van der Waals surface area (Å²) >= 11 is 0. The quantitative estimate of drug-likeness (QED) is 0.799. The van der Waals surface area contributed by atoms with Crippen LogP contribution in [0.2, 0.25) is 0 Å². The number of aliphatic hydroxyl groups is 1. The van der Waals surface area contributed by atoms with Gasteiger partial charge in [0.2, 0.25) is 0 Å². The minimum atomic E-state index is -0.858. The number of hydrogen-bond donors (Lipinski definition) is 2. The first-order valence-corrected chi connectivity index (χ1v) is 9.30. The average molecular weight is 368 g/mol. The van der Waals surface area contributed by atoms with Gasteiger partial charge in [-0.05, 0) is 26.2 Å². The zero-order valence-electron chi connectivity index (χ0n) is 15.5. The van der Waals surface area contributed by atoms with Gasteiger partial charge in [0.1, 0.15) is 12.2 Å². The van der Waals surface area contributed by atoms with Crippen molar-refractivity contribution in [3.63, 3.8) is 0 Å². The van der Waals surface area contributed by atoms with Crippen LogP contribution in [0.15, 0.2) is 15.8 Å². The van der Waals surface area contributed by atoms with Crippen molar-refractivity contribution in [1.29, 1.82) is 0 Å². The fourth-order valence-electron chi connectivity index (χ4n) is 3.89. The summed E-state index contributed by atoms with van der Waals surface area (Å²) in [6.07, 6.45) is 2.93. The predicted octanol–water partition coefficient (Wildman–Crippen LogP) is 0.856. The van der Waals surface area contributed by atoms with Crippen LogP contribution in [0.3, 0.4) is 0 Å². The van der Waals surface area contributed by atoms with Crippen molar-refractivity contribution >= 4 is 0 Å². The Hall–Kier alpha value is -1.48. The van der Waals surface area contributed by atoms with E-state index < -0.39 is 35.8 Å².